The van der Waals surface area contributed by atoms with E-state index in [4.69, 9.17) is 0 Å². The largest absolute Gasteiger partial charge is 0.274 e. The standard InChI is InChI=1S/C8H10N2O2/c1-6(11)9-10-8(12)7-4-2-3-5-7/h2-4H,5H2,1H3,(H,9,11)(H,10,12). The van der Waals surface area contributed by atoms with Crippen LogP contribution in [-0.2, 0) is 9.59 Å². The molecule has 0 unspecified atom stereocenters. The normalized spacial score (nSPS) is 13.9. The minimum Gasteiger partial charge on any atom is -0.274 e. The van der Waals surface area contributed by atoms with Gasteiger partial charge in [-0.2, -0.15) is 0 Å². The van der Waals surface area contributed by atoms with Crippen molar-refractivity contribution in [2.45, 2.75) is 13.3 Å². The fourth-order valence-corrected chi connectivity index (χ4v) is 0.841. The van der Waals surface area contributed by atoms with Crippen molar-refractivity contribution in [3.63, 3.8) is 0 Å². The van der Waals surface area contributed by atoms with E-state index in [1.807, 2.05) is 12.2 Å². The van der Waals surface area contributed by atoms with Crippen molar-refractivity contribution in [3.05, 3.63) is 23.8 Å². The first-order valence-electron chi connectivity index (χ1n) is 3.63. The minimum absolute atomic E-state index is 0.254. The highest BCUT2D eigenvalue weighted by molar-refractivity contribution is 5.95. The molecule has 0 fully saturated rings. The van der Waals surface area contributed by atoms with E-state index in [1.54, 1.807) is 6.08 Å². The smallest absolute Gasteiger partial charge is 0.265 e. The Kier molecular flexibility index (Phi) is 2.63. The number of hydrazine groups is 1. The average molecular weight is 166 g/mol. The molecule has 0 heterocycles. The topological polar surface area (TPSA) is 58.2 Å². The highest BCUT2D eigenvalue weighted by Gasteiger charge is 2.09. The Labute approximate surface area is 70.3 Å². The van der Waals surface area contributed by atoms with Crippen LogP contribution in [0.4, 0.5) is 0 Å². The van der Waals surface area contributed by atoms with E-state index in [0.717, 1.165) is 0 Å². The van der Waals surface area contributed by atoms with Gasteiger partial charge in [0.2, 0.25) is 5.91 Å². The van der Waals surface area contributed by atoms with Crippen LogP contribution in [0.5, 0.6) is 0 Å². The molecule has 0 aromatic heterocycles. The van der Waals surface area contributed by atoms with E-state index < -0.39 is 0 Å². The quantitative estimate of drug-likeness (QED) is 0.540. The molecule has 0 aromatic rings. The van der Waals surface area contributed by atoms with Gasteiger partial charge < -0.3 is 0 Å². The molecular formula is C8H10N2O2. The van der Waals surface area contributed by atoms with Gasteiger partial charge in [-0.1, -0.05) is 18.2 Å². The molecule has 0 aromatic carbocycles. The molecule has 1 aliphatic rings. The summed E-state index contributed by atoms with van der Waals surface area (Å²) in [6, 6.07) is 0. The van der Waals surface area contributed by atoms with Gasteiger partial charge in [0.05, 0.1) is 0 Å². The third kappa shape index (κ3) is 2.23. The van der Waals surface area contributed by atoms with Crippen molar-refractivity contribution in [1.82, 2.24) is 10.9 Å². The third-order valence-electron chi connectivity index (χ3n) is 1.41. The Bertz CT molecular complexity index is 266. The van der Waals surface area contributed by atoms with Crippen molar-refractivity contribution < 1.29 is 9.59 Å². The number of hydrogen-bond donors (Lipinski definition) is 2. The summed E-state index contributed by atoms with van der Waals surface area (Å²) in [5.74, 6) is -0.537. The molecule has 0 bridgehead atoms. The van der Waals surface area contributed by atoms with Crippen LogP contribution in [-0.4, -0.2) is 11.8 Å². The Morgan fingerprint density at radius 3 is 2.67 bits per heavy atom. The van der Waals surface area contributed by atoms with E-state index in [1.165, 1.54) is 6.92 Å². The van der Waals surface area contributed by atoms with Gasteiger partial charge in [0.15, 0.2) is 0 Å². The third-order valence-corrected chi connectivity index (χ3v) is 1.41. The van der Waals surface area contributed by atoms with Crippen molar-refractivity contribution in [2.75, 3.05) is 0 Å². The van der Waals surface area contributed by atoms with Crippen LogP contribution in [0.25, 0.3) is 0 Å². The zero-order valence-corrected chi connectivity index (χ0v) is 6.76. The second-order valence-corrected chi connectivity index (χ2v) is 2.46. The van der Waals surface area contributed by atoms with Gasteiger partial charge in [-0.3, -0.25) is 20.4 Å². The van der Waals surface area contributed by atoms with Crippen LogP contribution in [0.1, 0.15) is 13.3 Å². The zero-order valence-electron chi connectivity index (χ0n) is 6.76. The van der Waals surface area contributed by atoms with Crippen LogP contribution in [0.2, 0.25) is 0 Å². The summed E-state index contributed by atoms with van der Waals surface area (Å²) in [6.07, 6.45) is 6.04. The molecule has 0 saturated carbocycles. The summed E-state index contributed by atoms with van der Waals surface area (Å²) in [4.78, 5) is 21.5. The molecule has 0 radical (unpaired) electrons. The van der Waals surface area contributed by atoms with Gasteiger partial charge in [-0.15, -0.1) is 0 Å². The molecular weight excluding hydrogens is 156 g/mol. The van der Waals surface area contributed by atoms with E-state index in [9.17, 15) is 9.59 Å². The summed E-state index contributed by atoms with van der Waals surface area (Å²) in [6.45, 7) is 1.33. The van der Waals surface area contributed by atoms with E-state index in [2.05, 4.69) is 10.9 Å². The lowest BCUT2D eigenvalue weighted by molar-refractivity contribution is -0.125. The summed E-state index contributed by atoms with van der Waals surface area (Å²) in [7, 11) is 0. The van der Waals surface area contributed by atoms with Gasteiger partial charge in [0.1, 0.15) is 0 Å². The first-order chi connectivity index (χ1) is 5.70. The molecule has 1 aliphatic carbocycles. The SMILES string of the molecule is CC(=O)NNC(=O)C1=CC=CC1. The lowest BCUT2D eigenvalue weighted by Gasteiger charge is -2.04. The second-order valence-electron chi connectivity index (χ2n) is 2.46. The first kappa shape index (κ1) is 8.52. The maximum Gasteiger partial charge on any atom is 0.265 e. The van der Waals surface area contributed by atoms with Crippen molar-refractivity contribution >= 4 is 11.8 Å². The summed E-state index contributed by atoms with van der Waals surface area (Å²) < 4.78 is 0. The average Bonchev–Trinajstić information content (AvgIpc) is 2.51. The molecule has 4 heteroatoms. The fraction of sp³-hybridized carbons (Fsp3) is 0.250. The monoisotopic (exact) mass is 166 g/mol. The number of allylic oxidation sites excluding steroid dienone is 3. The van der Waals surface area contributed by atoms with Crippen LogP contribution in [0, 0.1) is 0 Å². The zero-order chi connectivity index (χ0) is 8.97. The molecule has 64 valence electrons. The van der Waals surface area contributed by atoms with Crippen molar-refractivity contribution in [1.29, 1.82) is 0 Å². The number of rotatable bonds is 1. The lowest BCUT2D eigenvalue weighted by Crippen LogP contribution is -2.40. The van der Waals surface area contributed by atoms with Crippen molar-refractivity contribution in [3.8, 4) is 0 Å². The van der Waals surface area contributed by atoms with Gasteiger partial charge in [0, 0.05) is 12.5 Å². The van der Waals surface area contributed by atoms with Gasteiger partial charge in [-0.25, -0.2) is 0 Å². The van der Waals surface area contributed by atoms with Gasteiger partial charge in [0.25, 0.3) is 5.91 Å². The minimum atomic E-state index is -0.282. The molecule has 0 atom stereocenters. The number of carbonyl (C=O) groups is 2. The predicted octanol–water partition coefficient (Wildman–Crippen LogP) is 0.0400. The molecule has 2 amide bonds. The fourth-order valence-electron chi connectivity index (χ4n) is 0.841. The molecule has 0 saturated heterocycles. The number of carbonyl (C=O) groups excluding carboxylic acids is 2. The first-order valence-corrected chi connectivity index (χ1v) is 3.63. The Morgan fingerprint density at radius 2 is 2.17 bits per heavy atom. The molecule has 0 aliphatic heterocycles. The Morgan fingerprint density at radius 1 is 1.42 bits per heavy atom. The van der Waals surface area contributed by atoms with Crippen LogP contribution < -0.4 is 10.9 Å². The predicted molar refractivity (Wildman–Crippen MR) is 43.8 cm³/mol. The van der Waals surface area contributed by atoms with Crippen LogP contribution in [0.3, 0.4) is 0 Å². The molecule has 2 N–H and O–H groups in total. The highest BCUT2D eigenvalue weighted by Crippen LogP contribution is 2.08. The number of hydrogen-bond acceptors (Lipinski definition) is 2. The Balaban J connectivity index is 2.34. The summed E-state index contributed by atoms with van der Waals surface area (Å²) in [5.41, 5.74) is 5.15. The molecule has 12 heavy (non-hydrogen) atoms. The molecule has 4 nitrogen and oxygen atoms in total. The Hall–Kier alpha value is -1.58. The van der Waals surface area contributed by atoms with Crippen LogP contribution >= 0.6 is 0 Å². The molecule has 1 rings (SSSR count). The van der Waals surface area contributed by atoms with Gasteiger partial charge in [-0.05, 0) is 6.42 Å². The summed E-state index contributed by atoms with van der Waals surface area (Å²) in [5, 5.41) is 0. The van der Waals surface area contributed by atoms with Crippen LogP contribution in [0.15, 0.2) is 23.8 Å². The summed E-state index contributed by atoms with van der Waals surface area (Å²) >= 11 is 0. The van der Waals surface area contributed by atoms with Gasteiger partial charge >= 0.3 is 0 Å². The lowest BCUT2D eigenvalue weighted by atomic mass is 10.2. The van der Waals surface area contributed by atoms with Crippen molar-refractivity contribution in [2.24, 2.45) is 0 Å². The number of nitrogens with one attached hydrogen (secondary N) is 2. The molecule has 0 spiro atoms. The maximum absolute atomic E-state index is 11.1. The van der Waals surface area contributed by atoms with E-state index in [0.29, 0.717) is 12.0 Å². The van der Waals surface area contributed by atoms with E-state index in [-0.39, 0.29) is 11.8 Å². The highest BCUT2D eigenvalue weighted by atomic mass is 16.2. The second kappa shape index (κ2) is 3.71. The number of amides is 2. The van der Waals surface area contributed by atoms with E-state index >= 15 is 0 Å². The maximum atomic E-state index is 11.1.